The predicted octanol–water partition coefficient (Wildman–Crippen LogP) is 4.74. The Labute approximate surface area is 150 Å². The summed E-state index contributed by atoms with van der Waals surface area (Å²) in [5.41, 5.74) is 6.42. The summed E-state index contributed by atoms with van der Waals surface area (Å²) in [6.45, 7) is 13.0. The Bertz CT molecular complexity index is 684. The summed E-state index contributed by atoms with van der Waals surface area (Å²) >= 11 is 0. The van der Waals surface area contributed by atoms with Crippen LogP contribution in [0.15, 0.2) is 53.2 Å². The molecule has 1 unspecified atom stereocenters. The van der Waals surface area contributed by atoms with E-state index in [2.05, 4.69) is 37.0 Å². The molecule has 25 heavy (non-hydrogen) atoms. The molecule has 1 amide bonds. The van der Waals surface area contributed by atoms with E-state index in [0.29, 0.717) is 24.0 Å². The van der Waals surface area contributed by atoms with E-state index in [1.807, 2.05) is 26.0 Å². The van der Waals surface area contributed by atoms with Gasteiger partial charge in [0.2, 0.25) is 0 Å². The minimum absolute atomic E-state index is 0.215. The topological polar surface area (TPSA) is 50.7 Å². The Kier molecular flexibility index (Phi) is 6.57. The summed E-state index contributed by atoms with van der Waals surface area (Å²) in [6, 6.07) is 7.14. The number of rotatable bonds is 6. The smallest absolute Gasteiger partial charge is 0.271 e. The fraction of sp³-hybridized carbons (Fsp3) is 0.429. The maximum absolute atomic E-state index is 12.3. The summed E-state index contributed by atoms with van der Waals surface area (Å²) in [5, 5.41) is 4.33. The Balaban J connectivity index is 1.98. The molecule has 1 aromatic carbocycles. The molecule has 0 fully saturated rings. The van der Waals surface area contributed by atoms with Gasteiger partial charge in [0, 0.05) is 5.56 Å². The van der Waals surface area contributed by atoms with Crippen molar-refractivity contribution in [2.45, 2.75) is 40.5 Å². The molecule has 0 saturated carbocycles. The van der Waals surface area contributed by atoms with Crippen LogP contribution in [-0.2, 0) is 0 Å². The van der Waals surface area contributed by atoms with E-state index in [0.717, 1.165) is 35.4 Å². The number of nitrogens with one attached hydrogen (secondary N) is 1. The van der Waals surface area contributed by atoms with Gasteiger partial charge in [-0.25, -0.2) is 5.43 Å². The number of hydrazone groups is 1. The van der Waals surface area contributed by atoms with E-state index in [1.165, 1.54) is 0 Å². The first-order valence-electron chi connectivity index (χ1n) is 8.79. The van der Waals surface area contributed by atoms with E-state index < -0.39 is 0 Å². The van der Waals surface area contributed by atoms with Gasteiger partial charge in [0.25, 0.3) is 5.91 Å². The van der Waals surface area contributed by atoms with E-state index >= 15 is 0 Å². The highest BCUT2D eigenvalue weighted by Gasteiger charge is 2.19. The van der Waals surface area contributed by atoms with Gasteiger partial charge >= 0.3 is 0 Å². The lowest BCUT2D eigenvalue weighted by atomic mass is 9.85. The Morgan fingerprint density at radius 1 is 1.36 bits per heavy atom. The molecule has 134 valence electrons. The van der Waals surface area contributed by atoms with Crippen LogP contribution < -0.4 is 10.2 Å². The number of hydrogen-bond donors (Lipinski definition) is 1. The van der Waals surface area contributed by atoms with Crippen molar-refractivity contribution in [1.29, 1.82) is 0 Å². The zero-order valence-electron chi connectivity index (χ0n) is 15.6. The molecule has 4 heteroatoms. The molecule has 0 spiro atoms. The standard InChI is InChI=1S/C21H28N2O2/c1-14(2)13-25-19-10-8-17(9-11-19)21(24)23-22-20-12-18(15(3)4)7-6-16(20)5/h6,8-11,14,18H,3,7,12-13H2,1-2,4-5H3,(H,23,24). The molecule has 0 aliphatic heterocycles. The number of amides is 1. The fourth-order valence-corrected chi connectivity index (χ4v) is 2.57. The highest BCUT2D eigenvalue weighted by molar-refractivity contribution is 6.02. The van der Waals surface area contributed by atoms with Crippen molar-refractivity contribution in [2.24, 2.45) is 16.9 Å². The van der Waals surface area contributed by atoms with E-state index in [-0.39, 0.29) is 5.91 Å². The van der Waals surface area contributed by atoms with Crippen LogP contribution in [-0.4, -0.2) is 18.2 Å². The number of benzene rings is 1. The molecule has 4 nitrogen and oxygen atoms in total. The SMILES string of the molecule is C=C(C)C1CC=C(C)C(=NNC(=O)c2ccc(OCC(C)C)cc2)C1. The van der Waals surface area contributed by atoms with Crippen LogP contribution in [0.2, 0.25) is 0 Å². The molecule has 1 aliphatic carbocycles. The van der Waals surface area contributed by atoms with E-state index in [9.17, 15) is 4.79 Å². The van der Waals surface area contributed by atoms with Gasteiger partial charge in [-0.1, -0.05) is 32.1 Å². The summed E-state index contributed by atoms with van der Waals surface area (Å²) in [7, 11) is 0. The molecule has 1 N–H and O–H groups in total. The number of nitrogens with zero attached hydrogens (tertiary/aromatic N) is 1. The normalized spacial score (nSPS) is 18.8. The van der Waals surface area contributed by atoms with E-state index in [1.54, 1.807) is 12.1 Å². The van der Waals surface area contributed by atoms with Gasteiger partial charge in [-0.3, -0.25) is 4.79 Å². The van der Waals surface area contributed by atoms with Crippen LogP contribution in [0.4, 0.5) is 0 Å². The van der Waals surface area contributed by atoms with Crippen LogP contribution in [0.25, 0.3) is 0 Å². The third kappa shape index (κ3) is 5.59. The van der Waals surface area contributed by atoms with Crippen LogP contribution in [0.1, 0.15) is 50.9 Å². The number of carbonyl (C=O) groups excluding carboxylic acids is 1. The predicted molar refractivity (Wildman–Crippen MR) is 103 cm³/mol. The minimum Gasteiger partial charge on any atom is -0.493 e. The van der Waals surface area contributed by atoms with Gasteiger partial charge in [0.05, 0.1) is 12.3 Å². The number of ether oxygens (including phenoxy) is 1. The number of carbonyl (C=O) groups is 1. The first-order chi connectivity index (χ1) is 11.9. The van der Waals surface area contributed by atoms with Crippen LogP contribution in [0.5, 0.6) is 5.75 Å². The maximum atomic E-state index is 12.3. The second-order valence-electron chi connectivity index (χ2n) is 7.10. The van der Waals surface area contributed by atoms with Crippen molar-refractivity contribution >= 4 is 11.6 Å². The van der Waals surface area contributed by atoms with Crippen molar-refractivity contribution < 1.29 is 9.53 Å². The highest BCUT2D eigenvalue weighted by atomic mass is 16.5. The maximum Gasteiger partial charge on any atom is 0.271 e. The second kappa shape index (κ2) is 8.65. The molecule has 0 radical (unpaired) electrons. The Hall–Kier alpha value is -2.36. The molecular formula is C21H28N2O2. The van der Waals surface area contributed by atoms with Crippen LogP contribution in [0.3, 0.4) is 0 Å². The number of hydrogen-bond acceptors (Lipinski definition) is 3. The molecule has 0 heterocycles. The lowest BCUT2D eigenvalue weighted by Crippen LogP contribution is -2.23. The Morgan fingerprint density at radius 2 is 2.04 bits per heavy atom. The third-order valence-electron chi connectivity index (χ3n) is 4.29. The summed E-state index contributed by atoms with van der Waals surface area (Å²) in [4.78, 5) is 12.3. The summed E-state index contributed by atoms with van der Waals surface area (Å²) in [6.07, 6.45) is 3.97. The molecule has 0 aromatic heterocycles. The first kappa shape index (κ1) is 19.0. The lowest BCUT2D eigenvalue weighted by molar-refractivity contribution is 0.0954. The van der Waals surface area contributed by atoms with Crippen LogP contribution in [0, 0.1) is 11.8 Å². The van der Waals surface area contributed by atoms with Gasteiger partial charge in [-0.15, -0.1) is 0 Å². The zero-order valence-corrected chi connectivity index (χ0v) is 15.6. The molecule has 1 atom stereocenters. The van der Waals surface area contributed by atoms with Gasteiger partial charge in [0.15, 0.2) is 0 Å². The van der Waals surface area contributed by atoms with Crippen molar-refractivity contribution in [3.63, 3.8) is 0 Å². The Morgan fingerprint density at radius 3 is 2.64 bits per heavy atom. The number of allylic oxidation sites excluding steroid dienone is 3. The van der Waals surface area contributed by atoms with Crippen LogP contribution >= 0.6 is 0 Å². The van der Waals surface area contributed by atoms with Crippen molar-refractivity contribution in [1.82, 2.24) is 5.43 Å². The molecule has 1 aliphatic rings. The highest BCUT2D eigenvalue weighted by Crippen LogP contribution is 2.26. The molecular weight excluding hydrogens is 312 g/mol. The minimum atomic E-state index is -0.215. The van der Waals surface area contributed by atoms with Gasteiger partial charge < -0.3 is 4.74 Å². The van der Waals surface area contributed by atoms with Gasteiger partial charge in [-0.2, -0.15) is 5.10 Å². The van der Waals surface area contributed by atoms with Crippen molar-refractivity contribution in [3.8, 4) is 5.75 Å². The summed E-state index contributed by atoms with van der Waals surface area (Å²) in [5.74, 6) is 1.42. The quantitative estimate of drug-likeness (QED) is 0.601. The monoisotopic (exact) mass is 340 g/mol. The van der Waals surface area contributed by atoms with E-state index in [4.69, 9.17) is 4.74 Å². The van der Waals surface area contributed by atoms with Crippen molar-refractivity contribution in [2.75, 3.05) is 6.61 Å². The lowest BCUT2D eigenvalue weighted by Gasteiger charge is -2.22. The molecule has 1 aromatic rings. The summed E-state index contributed by atoms with van der Waals surface area (Å²) < 4.78 is 5.63. The third-order valence-corrected chi connectivity index (χ3v) is 4.29. The second-order valence-corrected chi connectivity index (χ2v) is 7.10. The van der Waals surface area contributed by atoms with Gasteiger partial charge in [0.1, 0.15) is 5.75 Å². The first-order valence-corrected chi connectivity index (χ1v) is 8.79. The van der Waals surface area contributed by atoms with Gasteiger partial charge in [-0.05, 0) is 68.4 Å². The fourth-order valence-electron chi connectivity index (χ4n) is 2.57. The largest absolute Gasteiger partial charge is 0.493 e. The average Bonchev–Trinajstić information content (AvgIpc) is 2.59. The molecule has 2 rings (SSSR count). The average molecular weight is 340 g/mol. The molecule has 0 saturated heterocycles. The zero-order chi connectivity index (χ0) is 18.4. The van der Waals surface area contributed by atoms with Crippen molar-refractivity contribution in [3.05, 3.63) is 53.6 Å². The molecule has 0 bridgehead atoms.